The number of hydrogen-bond acceptors (Lipinski definition) is 4. The molecule has 0 aromatic heterocycles. The summed E-state index contributed by atoms with van der Waals surface area (Å²) in [4.78, 5) is 13.5. The average Bonchev–Trinajstić information content (AvgIpc) is 2.58. The van der Waals surface area contributed by atoms with E-state index in [1.54, 1.807) is 6.92 Å². The lowest BCUT2D eigenvalue weighted by Gasteiger charge is -2.32. The smallest absolute Gasteiger partial charge is 0.237 e. The number of carbonyl (C=O) groups excluding carboxylic acids is 1. The minimum atomic E-state index is -0.870. The predicted octanol–water partition coefficient (Wildman–Crippen LogP) is -0.167. The Bertz CT molecular complexity index is 281. The predicted molar refractivity (Wildman–Crippen MR) is 65.4 cm³/mol. The molecule has 2 saturated heterocycles. The van der Waals surface area contributed by atoms with Gasteiger partial charge in [-0.25, -0.2) is 0 Å². The van der Waals surface area contributed by atoms with Crippen molar-refractivity contribution >= 4 is 5.91 Å². The van der Waals surface area contributed by atoms with E-state index >= 15 is 0 Å². The molecule has 3 unspecified atom stereocenters. The van der Waals surface area contributed by atoms with Gasteiger partial charge < -0.3 is 16.2 Å². The highest BCUT2D eigenvalue weighted by Crippen LogP contribution is 2.26. The monoisotopic (exact) mass is 241 g/mol. The zero-order valence-corrected chi connectivity index (χ0v) is 10.5. The van der Waals surface area contributed by atoms with Gasteiger partial charge in [-0.15, -0.1) is 0 Å². The fraction of sp³-hybridized carbons (Fsp3) is 0.917. The van der Waals surface area contributed by atoms with Gasteiger partial charge in [0.15, 0.2) is 0 Å². The Morgan fingerprint density at radius 1 is 1.41 bits per heavy atom. The van der Waals surface area contributed by atoms with Crippen LogP contribution in [0.5, 0.6) is 0 Å². The highest BCUT2D eigenvalue weighted by atomic mass is 16.5. The minimum absolute atomic E-state index is 0.417. The molecule has 3 atom stereocenters. The van der Waals surface area contributed by atoms with Crippen molar-refractivity contribution in [2.45, 2.75) is 50.4 Å². The van der Waals surface area contributed by atoms with Crippen molar-refractivity contribution in [2.24, 2.45) is 11.5 Å². The number of rotatable bonds is 5. The maximum absolute atomic E-state index is 11.1. The van der Waals surface area contributed by atoms with E-state index in [-0.39, 0.29) is 0 Å². The number of carbonyl (C=O) groups is 1. The van der Waals surface area contributed by atoms with Crippen LogP contribution in [-0.2, 0) is 9.53 Å². The average molecular weight is 241 g/mol. The summed E-state index contributed by atoms with van der Waals surface area (Å²) in [5.74, 6) is -0.417. The van der Waals surface area contributed by atoms with Crippen LogP contribution in [0.15, 0.2) is 0 Å². The molecule has 98 valence electrons. The molecule has 0 radical (unpaired) electrons. The molecular formula is C12H23N3O2. The van der Waals surface area contributed by atoms with E-state index < -0.39 is 11.4 Å². The number of morpholine rings is 1. The molecule has 17 heavy (non-hydrogen) atoms. The molecule has 4 N–H and O–H groups in total. The van der Waals surface area contributed by atoms with Crippen LogP contribution in [-0.4, -0.2) is 48.2 Å². The van der Waals surface area contributed by atoms with Gasteiger partial charge in [-0.1, -0.05) is 0 Å². The molecule has 1 amide bonds. The summed E-state index contributed by atoms with van der Waals surface area (Å²) in [5, 5.41) is 0. The molecular weight excluding hydrogens is 218 g/mol. The molecule has 2 aliphatic heterocycles. The van der Waals surface area contributed by atoms with Gasteiger partial charge in [-0.2, -0.15) is 0 Å². The Balaban J connectivity index is 1.71. The van der Waals surface area contributed by atoms with Gasteiger partial charge in [0.05, 0.1) is 17.7 Å². The first-order valence-corrected chi connectivity index (χ1v) is 6.44. The van der Waals surface area contributed by atoms with Gasteiger partial charge in [-0.05, 0) is 39.2 Å². The van der Waals surface area contributed by atoms with E-state index in [0.717, 1.165) is 26.1 Å². The number of ether oxygens (including phenoxy) is 1. The van der Waals surface area contributed by atoms with Crippen molar-refractivity contribution in [3.63, 3.8) is 0 Å². The largest absolute Gasteiger partial charge is 0.372 e. The van der Waals surface area contributed by atoms with E-state index in [0.29, 0.717) is 18.6 Å². The number of likely N-dealkylation sites (tertiary alicyclic amines) is 1. The summed E-state index contributed by atoms with van der Waals surface area (Å²) in [6.07, 6.45) is 4.79. The standard InChI is InChI=1S/C12H23N3O2/c1-12(14,11(13)16)5-2-6-15-7-9-3-4-10(8-15)17-9/h9-10H,2-8,14H2,1H3,(H2,13,16). The van der Waals surface area contributed by atoms with Crippen molar-refractivity contribution in [3.05, 3.63) is 0 Å². The molecule has 0 spiro atoms. The lowest BCUT2D eigenvalue weighted by atomic mass is 9.96. The highest BCUT2D eigenvalue weighted by Gasteiger charge is 2.33. The van der Waals surface area contributed by atoms with Gasteiger partial charge in [0.25, 0.3) is 0 Å². The number of nitrogens with zero attached hydrogens (tertiary/aromatic N) is 1. The molecule has 2 heterocycles. The third kappa shape index (κ3) is 3.18. The lowest BCUT2D eigenvalue weighted by Crippen LogP contribution is -2.50. The fourth-order valence-corrected chi connectivity index (χ4v) is 2.67. The van der Waals surface area contributed by atoms with E-state index in [9.17, 15) is 4.79 Å². The summed E-state index contributed by atoms with van der Waals surface area (Å²) in [5.41, 5.74) is 10.2. The van der Waals surface area contributed by atoms with Crippen LogP contribution >= 0.6 is 0 Å². The zero-order valence-electron chi connectivity index (χ0n) is 10.5. The molecule has 0 saturated carbocycles. The number of amides is 1. The summed E-state index contributed by atoms with van der Waals surface area (Å²) < 4.78 is 5.77. The molecule has 5 nitrogen and oxygen atoms in total. The molecule has 5 heteroatoms. The van der Waals surface area contributed by atoms with E-state index in [2.05, 4.69) is 4.90 Å². The summed E-state index contributed by atoms with van der Waals surface area (Å²) in [7, 11) is 0. The van der Waals surface area contributed by atoms with Crippen LogP contribution in [0.25, 0.3) is 0 Å². The van der Waals surface area contributed by atoms with Crippen LogP contribution in [0.3, 0.4) is 0 Å². The normalized spacial score (nSPS) is 32.4. The Morgan fingerprint density at radius 3 is 2.53 bits per heavy atom. The summed E-state index contributed by atoms with van der Waals surface area (Å²) in [6.45, 7) is 4.73. The molecule has 2 rings (SSSR count). The first-order chi connectivity index (χ1) is 7.97. The second kappa shape index (κ2) is 4.92. The van der Waals surface area contributed by atoms with Crippen molar-refractivity contribution in [2.75, 3.05) is 19.6 Å². The van der Waals surface area contributed by atoms with Gasteiger partial charge in [0, 0.05) is 13.1 Å². The lowest BCUT2D eigenvalue weighted by molar-refractivity contribution is -0.122. The number of hydrogen-bond donors (Lipinski definition) is 2. The van der Waals surface area contributed by atoms with Gasteiger partial charge in [0.2, 0.25) is 5.91 Å². The van der Waals surface area contributed by atoms with Gasteiger partial charge in [-0.3, -0.25) is 9.69 Å². The Labute approximate surface area is 102 Å². The first kappa shape index (κ1) is 12.8. The summed E-state index contributed by atoms with van der Waals surface area (Å²) in [6, 6.07) is 0. The first-order valence-electron chi connectivity index (χ1n) is 6.44. The topological polar surface area (TPSA) is 81.6 Å². The van der Waals surface area contributed by atoms with Crippen molar-refractivity contribution in [1.29, 1.82) is 0 Å². The Kier molecular flexibility index (Phi) is 3.70. The van der Waals surface area contributed by atoms with Crippen molar-refractivity contribution < 1.29 is 9.53 Å². The van der Waals surface area contributed by atoms with Crippen LogP contribution in [0.1, 0.15) is 32.6 Å². The highest BCUT2D eigenvalue weighted by molar-refractivity contribution is 5.83. The van der Waals surface area contributed by atoms with Crippen LogP contribution in [0.2, 0.25) is 0 Å². The van der Waals surface area contributed by atoms with Crippen molar-refractivity contribution in [1.82, 2.24) is 4.90 Å². The van der Waals surface area contributed by atoms with Gasteiger partial charge in [0.1, 0.15) is 0 Å². The quantitative estimate of drug-likeness (QED) is 0.700. The van der Waals surface area contributed by atoms with E-state index in [4.69, 9.17) is 16.2 Å². The third-order valence-corrected chi connectivity index (χ3v) is 3.85. The third-order valence-electron chi connectivity index (χ3n) is 3.85. The SMILES string of the molecule is CC(N)(CCCN1CC2CCC(C1)O2)C(N)=O. The van der Waals surface area contributed by atoms with E-state index in [1.165, 1.54) is 12.8 Å². The molecule has 0 aromatic rings. The van der Waals surface area contributed by atoms with Gasteiger partial charge >= 0.3 is 0 Å². The van der Waals surface area contributed by atoms with Crippen molar-refractivity contribution in [3.8, 4) is 0 Å². The molecule has 0 aliphatic carbocycles. The molecule has 2 fully saturated rings. The Hall–Kier alpha value is -0.650. The maximum Gasteiger partial charge on any atom is 0.237 e. The number of fused-ring (bicyclic) bond motifs is 2. The number of nitrogens with two attached hydrogens (primary N) is 2. The fourth-order valence-electron chi connectivity index (χ4n) is 2.67. The summed E-state index contributed by atoms with van der Waals surface area (Å²) >= 11 is 0. The molecule has 0 aromatic carbocycles. The second-order valence-corrected chi connectivity index (χ2v) is 5.60. The minimum Gasteiger partial charge on any atom is -0.372 e. The maximum atomic E-state index is 11.1. The van der Waals surface area contributed by atoms with Crippen LogP contribution < -0.4 is 11.5 Å². The molecule has 2 bridgehead atoms. The van der Waals surface area contributed by atoms with E-state index in [1.807, 2.05) is 0 Å². The van der Waals surface area contributed by atoms with Crippen LogP contribution in [0.4, 0.5) is 0 Å². The number of primary amides is 1. The zero-order chi connectivity index (χ0) is 12.5. The molecule has 2 aliphatic rings. The second-order valence-electron chi connectivity index (χ2n) is 5.60. The van der Waals surface area contributed by atoms with Crippen LogP contribution in [0, 0.1) is 0 Å². The Morgan fingerprint density at radius 2 is 2.00 bits per heavy atom.